The van der Waals surface area contributed by atoms with Gasteiger partial charge in [-0.05, 0) is 54.6 Å². The first kappa shape index (κ1) is 21.1. The van der Waals surface area contributed by atoms with Crippen molar-refractivity contribution in [3.8, 4) is 17.0 Å². The summed E-state index contributed by atoms with van der Waals surface area (Å²) in [5.74, 6) is -0.484. The van der Waals surface area contributed by atoms with Gasteiger partial charge in [0.2, 0.25) is 0 Å². The van der Waals surface area contributed by atoms with Crippen molar-refractivity contribution in [3.63, 3.8) is 0 Å². The highest BCUT2D eigenvalue weighted by molar-refractivity contribution is 6.42. The van der Waals surface area contributed by atoms with Crippen molar-refractivity contribution < 1.29 is 14.3 Å². The van der Waals surface area contributed by atoms with E-state index in [4.69, 9.17) is 39.2 Å². The first-order valence-corrected chi connectivity index (χ1v) is 9.96. The summed E-state index contributed by atoms with van der Waals surface area (Å²) in [5.41, 5.74) is 0.332. The molecular formula is C22H12Cl3N2O4-. The van der Waals surface area contributed by atoms with Crippen LogP contribution in [0.3, 0.4) is 0 Å². The second-order valence-electron chi connectivity index (χ2n) is 6.57. The zero-order chi connectivity index (χ0) is 22.3. The summed E-state index contributed by atoms with van der Waals surface area (Å²) in [4.78, 5) is 24.1. The van der Waals surface area contributed by atoms with Crippen molar-refractivity contribution in [1.29, 1.82) is 0 Å². The molecule has 4 aromatic rings. The molecule has 2 aromatic heterocycles. The molecule has 2 aromatic carbocycles. The van der Waals surface area contributed by atoms with Crippen LogP contribution in [0.2, 0.25) is 15.1 Å². The van der Waals surface area contributed by atoms with Gasteiger partial charge in [-0.1, -0.05) is 41.4 Å². The molecule has 0 aliphatic rings. The molecule has 6 nitrogen and oxygen atoms in total. The number of carbonyl (C=O) groups is 1. The lowest BCUT2D eigenvalue weighted by Gasteiger charge is -2.08. The Hall–Kier alpha value is -3.19. The van der Waals surface area contributed by atoms with Gasteiger partial charge in [0.25, 0.3) is 5.56 Å². The maximum absolute atomic E-state index is 12.9. The van der Waals surface area contributed by atoms with Gasteiger partial charge in [-0.15, -0.1) is 0 Å². The van der Waals surface area contributed by atoms with Crippen LogP contribution in [0, 0.1) is 0 Å². The lowest BCUT2D eigenvalue weighted by Crippen LogP contribution is -2.34. The van der Waals surface area contributed by atoms with Crippen LogP contribution in [0.15, 0.2) is 57.7 Å². The molecule has 156 valence electrons. The number of aromatic amines is 1. The first-order valence-electron chi connectivity index (χ1n) is 8.83. The molecule has 0 radical (unpaired) electrons. The fourth-order valence-corrected chi connectivity index (χ4v) is 3.50. The predicted molar refractivity (Wildman–Crippen MR) is 118 cm³/mol. The largest absolute Gasteiger partial charge is 0.545 e. The average Bonchev–Trinajstić information content (AvgIpc) is 3.30. The fourth-order valence-electron chi connectivity index (χ4n) is 3.01. The van der Waals surface area contributed by atoms with E-state index in [9.17, 15) is 14.7 Å². The van der Waals surface area contributed by atoms with E-state index in [-0.39, 0.29) is 21.5 Å². The van der Waals surface area contributed by atoms with Gasteiger partial charge >= 0.3 is 0 Å². The Morgan fingerprint density at radius 2 is 1.77 bits per heavy atom. The van der Waals surface area contributed by atoms with Crippen molar-refractivity contribution in [2.75, 3.05) is 0 Å². The average molecular weight is 475 g/mol. The monoisotopic (exact) mass is 473 g/mol. The molecule has 1 N–H and O–H groups in total. The molecule has 0 atom stereocenters. The Kier molecular flexibility index (Phi) is 5.54. The van der Waals surface area contributed by atoms with Gasteiger partial charge in [0.1, 0.15) is 11.5 Å². The lowest BCUT2D eigenvalue weighted by atomic mass is 10.2. The van der Waals surface area contributed by atoms with E-state index in [0.717, 1.165) is 5.56 Å². The first-order chi connectivity index (χ1) is 14.7. The van der Waals surface area contributed by atoms with Gasteiger partial charge < -0.3 is 14.3 Å². The molecule has 0 fully saturated rings. The van der Waals surface area contributed by atoms with E-state index in [1.54, 1.807) is 30.3 Å². The fraction of sp³-hybridized carbons (Fsp3) is 0. The number of carboxylic acids is 1. The van der Waals surface area contributed by atoms with Crippen LogP contribution in [-0.2, 0) is 0 Å². The topological polar surface area (TPSA) is 91.1 Å². The zero-order valence-corrected chi connectivity index (χ0v) is 17.9. The molecule has 4 rings (SSSR count). The van der Waals surface area contributed by atoms with E-state index in [2.05, 4.69) is 11.7 Å². The van der Waals surface area contributed by atoms with Gasteiger partial charge in [-0.25, -0.2) is 4.68 Å². The molecule has 0 aliphatic heterocycles. The number of benzene rings is 2. The Morgan fingerprint density at radius 1 is 1.03 bits per heavy atom. The van der Waals surface area contributed by atoms with Gasteiger partial charge in [-0.2, -0.15) is 0 Å². The Morgan fingerprint density at radius 3 is 2.48 bits per heavy atom. The maximum Gasteiger partial charge on any atom is 0.279 e. The van der Waals surface area contributed by atoms with Crippen LogP contribution >= 0.6 is 34.8 Å². The highest BCUT2D eigenvalue weighted by atomic mass is 35.5. The van der Waals surface area contributed by atoms with E-state index < -0.39 is 11.5 Å². The number of H-pyrrole nitrogens is 1. The quantitative estimate of drug-likeness (QED) is 0.492. The van der Waals surface area contributed by atoms with Crippen LogP contribution in [0.5, 0.6) is 0 Å². The smallest absolute Gasteiger partial charge is 0.279 e. The Balaban J connectivity index is 1.77. The van der Waals surface area contributed by atoms with Crippen molar-refractivity contribution in [1.82, 2.24) is 9.78 Å². The minimum atomic E-state index is -1.45. The molecule has 0 aliphatic carbocycles. The predicted octanol–water partition coefficient (Wildman–Crippen LogP) is 2.99. The third-order valence-electron chi connectivity index (χ3n) is 4.55. The number of hydrogen-bond acceptors (Lipinski definition) is 4. The summed E-state index contributed by atoms with van der Waals surface area (Å²) in [5, 5.41) is 15.5. The minimum Gasteiger partial charge on any atom is -0.545 e. The molecule has 0 saturated carbocycles. The molecule has 2 heterocycles. The number of carboxylic acid groups (broad SMARTS) is 1. The molecule has 9 heteroatoms. The Bertz CT molecular complexity index is 1500. The van der Waals surface area contributed by atoms with Gasteiger partial charge in [0.05, 0.1) is 32.3 Å². The second kappa shape index (κ2) is 8.15. The van der Waals surface area contributed by atoms with Crippen molar-refractivity contribution >= 4 is 53.4 Å². The van der Waals surface area contributed by atoms with Crippen LogP contribution < -0.4 is 21.2 Å². The molecular weight excluding hydrogens is 463 g/mol. The number of rotatable bonds is 4. The maximum atomic E-state index is 12.9. The number of carbonyl (C=O) groups excluding carboxylic acids is 1. The third-order valence-corrected chi connectivity index (χ3v) is 5.62. The number of nitrogens with one attached hydrogen (secondary N) is 1. The minimum absolute atomic E-state index is 0.00964. The Labute approximate surface area is 190 Å². The SMILES string of the molecule is C=c1[nH]n(-c2ccc(Cl)c(C(=O)[O-])c2)c(=O)/c1=C\c1ccc(-c2ccc(Cl)c(Cl)c2)o1. The van der Waals surface area contributed by atoms with E-state index in [1.807, 2.05) is 0 Å². The number of aromatic nitrogens is 2. The molecule has 0 saturated heterocycles. The number of halogens is 3. The van der Waals surface area contributed by atoms with Crippen LogP contribution in [0.25, 0.3) is 29.7 Å². The molecule has 0 spiro atoms. The second-order valence-corrected chi connectivity index (χ2v) is 7.79. The van der Waals surface area contributed by atoms with Gasteiger partial charge in [-0.3, -0.25) is 9.89 Å². The third kappa shape index (κ3) is 4.05. The number of nitrogens with zero attached hydrogens (tertiary/aromatic N) is 1. The van der Waals surface area contributed by atoms with E-state index >= 15 is 0 Å². The van der Waals surface area contributed by atoms with Crippen molar-refractivity contribution in [2.45, 2.75) is 0 Å². The molecule has 0 unspecified atom stereocenters. The van der Waals surface area contributed by atoms with Crippen LogP contribution in [0.1, 0.15) is 16.1 Å². The van der Waals surface area contributed by atoms with Crippen LogP contribution in [-0.4, -0.2) is 15.7 Å². The lowest BCUT2D eigenvalue weighted by molar-refractivity contribution is -0.255. The standard InChI is InChI=1S/C22H13Cl3N2O4/c1-11-15(10-14-4-7-20(31-14)12-2-5-18(24)19(25)8-12)21(28)27(26-11)13-3-6-17(23)16(9-13)22(29)30/h2-10,26H,1H2,(H,29,30)/p-1/b15-10-. The summed E-state index contributed by atoms with van der Waals surface area (Å²) in [6.45, 7) is 3.85. The highest BCUT2D eigenvalue weighted by Gasteiger charge is 2.10. The van der Waals surface area contributed by atoms with Gasteiger partial charge in [0.15, 0.2) is 0 Å². The summed E-state index contributed by atoms with van der Waals surface area (Å²) in [7, 11) is 0. The van der Waals surface area contributed by atoms with E-state index in [1.165, 1.54) is 29.0 Å². The molecule has 31 heavy (non-hydrogen) atoms. The van der Waals surface area contributed by atoms with Crippen molar-refractivity contribution in [3.05, 3.63) is 95.8 Å². The van der Waals surface area contributed by atoms with Crippen LogP contribution in [0.4, 0.5) is 0 Å². The summed E-state index contributed by atoms with van der Waals surface area (Å²) >= 11 is 17.9. The molecule has 0 bridgehead atoms. The van der Waals surface area contributed by atoms with E-state index in [0.29, 0.717) is 26.9 Å². The molecule has 0 amide bonds. The number of aromatic carboxylic acids is 1. The summed E-state index contributed by atoms with van der Waals surface area (Å²) < 4.78 is 6.98. The number of hydrogen-bond donors (Lipinski definition) is 1. The normalized spacial score (nSPS) is 11.8. The van der Waals surface area contributed by atoms with Gasteiger partial charge in [0, 0.05) is 16.1 Å². The summed E-state index contributed by atoms with van der Waals surface area (Å²) in [6.07, 6.45) is 1.54. The highest BCUT2D eigenvalue weighted by Crippen LogP contribution is 2.29. The number of furan rings is 1. The zero-order valence-electron chi connectivity index (χ0n) is 15.6. The van der Waals surface area contributed by atoms with Crippen molar-refractivity contribution in [2.24, 2.45) is 0 Å². The summed E-state index contributed by atoms with van der Waals surface area (Å²) in [6, 6.07) is 12.7.